The van der Waals surface area contributed by atoms with E-state index in [2.05, 4.69) is 43.4 Å². The molecule has 0 saturated carbocycles. The van der Waals surface area contributed by atoms with E-state index in [1.54, 1.807) is 0 Å². The monoisotopic (exact) mass is 191 g/mol. The SMILES string of the molecule is CNCC(C)CCc1cccc(C)c1. The van der Waals surface area contributed by atoms with Crippen molar-refractivity contribution in [3.05, 3.63) is 35.4 Å². The molecule has 0 spiro atoms. The summed E-state index contributed by atoms with van der Waals surface area (Å²) in [5, 5.41) is 3.22. The van der Waals surface area contributed by atoms with Crippen LogP contribution < -0.4 is 5.32 Å². The summed E-state index contributed by atoms with van der Waals surface area (Å²) in [4.78, 5) is 0. The molecule has 1 unspecified atom stereocenters. The highest BCUT2D eigenvalue weighted by Crippen LogP contribution is 2.10. The zero-order chi connectivity index (χ0) is 10.4. The summed E-state index contributed by atoms with van der Waals surface area (Å²) in [6.07, 6.45) is 2.47. The van der Waals surface area contributed by atoms with Gasteiger partial charge in [-0.25, -0.2) is 0 Å². The van der Waals surface area contributed by atoms with Crippen molar-refractivity contribution in [1.82, 2.24) is 5.32 Å². The lowest BCUT2D eigenvalue weighted by molar-refractivity contribution is 0.505. The van der Waals surface area contributed by atoms with E-state index in [4.69, 9.17) is 0 Å². The van der Waals surface area contributed by atoms with Gasteiger partial charge in [0.2, 0.25) is 0 Å². The van der Waals surface area contributed by atoms with E-state index >= 15 is 0 Å². The summed E-state index contributed by atoms with van der Waals surface area (Å²) in [7, 11) is 2.02. The highest BCUT2D eigenvalue weighted by atomic mass is 14.8. The molecule has 1 rings (SSSR count). The van der Waals surface area contributed by atoms with Gasteiger partial charge in [-0.3, -0.25) is 0 Å². The summed E-state index contributed by atoms with van der Waals surface area (Å²) < 4.78 is 0. The predicted molar refractivity (Wildman–Crippen MR) is 62.6 cm³/mol. The number of hydrogen-bond donors (Lipinski definition) is 1. The average molecular weight is 191 g/mol. The van der Waals surface area contributed by atoms with E-state index in [1.165, 1.54) is 24.0 Å². The average Bonchev–Trinajstić information content (AvgIpc) is 2.15. The van der Waals surface area contributed by atoms with Crippen LogP contribution in [0.1, 0.15) is 24.5 Å². The molecule has 0 aliphatic carbocycles. The Kier molecular flexibility index (Phi) is 4.68. The van der Waals surface area contributed by atoms with Crippen LogP contribution in [0, 0.1) is 12.8 Å². The van der Waals surface area contributed by atoms with E-state index in [0.717, 1.165) is 12.5 Å². The van der Waals surface area contributed by atoms with Crippen molar-refractivity contribution < 1.29 is 0 Å². The summed E-state index contributed by atoms with van der Waals surface area (Å²) in [6, 6.07) is 8.80. The normalized spacial score (nSPS) is 12.8. The van der Waals surface area contributed by atoms with E-state index in [1.807, 2.05) is 7.05 Å². The van der Waals surface area contributed by atoms with Crippen LogP contribution in [0.4, 0.5) is 0 Å². The fourth-order valence-electron chi connectivity index (χ4n) is 1.73. The molecule has 1 heteroatoms. The van der Waals surface area contributed by atoms with Crippen LogP contribution in [0.15, 0.2) is 24.3 Å². The molecule has 78 valence electrons. The lowest BCUT2D eigenvalue weighted by atomic mass is 10.00. The summed E-state index contributed by atoms with van der Waals surface area (Å²) in [6.45, 7) is 5.57. The van der Waals surface area contributed by atoms with Crippen molar-refractivity contribution in [3.63, 3.8) is 0 Å². The Morgan fingerprint density at radius 3 is 2.79 bits per heavy atom. The minimum absolute atomic E-state index is 0.764. The molecular weight excluding hydrogens is 170 g/mol. The predicted octanol–water partition coefficient (Wildman–Crippen LogP) is 2.78. The molecule has 0 aromatic heterocycles. The van der Waals surface area contributed by atoms with Crippen LogP contribution in [0.2, 0.25) is 0 Å². The zero-order valence-electron chi connectivity index (χ0n) is 9.51. The Balaban J connectivity index is 2.37. The first-order valence-corrected chi connectivity index (χ1v) is 5.42. The molecule has 0 saturated heterocycles. The first-order valence-electron chi connectivity index (χ1n) is 5.42. The fourth-order valence-corrected chi connectivity index (χ4v) is 1.73. The van der Waals surface area contributed by atoms with Gasteiger partial charge < -0.3 is 5.32 Å². The second-order valence-corrected chi connectivity index (χ2v) is 4.19. The first kappa shape index (κ1) is 11.3. The standard InChI is InChI=1S/C13H21N/c1-11-5-4-6-13(9-11)8-7-12(2)10-14-3/h4-6,9,12,14H,7-8,10H2,1-3H3. The molecule has 1 atom stereocenters. The maximum atomic E-state index is 3.22. The molecule has 0 amide bonds. The molecule has 0 fully saturated rings. The van der Waals surface area contributed by atoms with Crippen molar-refractivity contribution in [2.75, 3.05) is 13.6 Å². The Hall–Kier alpha value is -0.820. The second-order valence-electron chi connectivity index (χ2n) is 4.19. The van der Waals surface area contributed by atoms with Crippen LogP contribution in [-0.4, -0.2) is 13.6 Å². The van der Waals surface area contributed by atoms with Gasteiger partial charge in [-0.2, -0.15) is 0 Å². The van der Waals surface area contributed by atoms with Crippen molar-refractivity contribution in [2.24, 2.45) is 5.92 Å². The minimum Gasteiger partial charge on any atom is -0.319 e. The van der Waals surface area contributed by atoms with Crippen molar-refractivity contribution in [3.8, 4) is 0 Å². The number of hydrogen-bond acceptors (Lipinski definition) is 1. The third-order valence-corrected chi connectivity index (χ3v) is 2.56. The fraction of sp³-hybridized carbons (Fsp3) is 0.538. The van der Waals surface area contributed by atoms with Crippen molar-refractivity contribution >= 4 is 0 Å². The molecular formula is C13H21N. The van der Waals surface area contributed by atoms with Gasteiger partial charge in [-0.15, -0.1) is 0 Å². The quantitative estimate of drug-likeness (QED) is 0.754. The topological polar surface area (TPSA) is 12.0 Å². The highest BCUT2D eigenvalue weighted by Gasteiger charge is 2.01. The Morgan fingerprint density at radius 2 is 2.14 bits per heavy atom. The Bertz CT molecular complexity index is 268. The van der Waals surface area contributed by atoms with Gasteiger partial charge in [-0.1, -0.05) is 36.8 Å². The van der Waals surface area contributed by atoms with Gasteiger partial charge in [0.05, 0.1) is 0 Å². The maximum absolute atomic E-state index is 3.22. The molecule has 0 bridgehead atoms. The molecule has 1 aromatic rings. The lowest BCUT2D eigenvalue weighted by Crippen LogP contribution is -2.16. The van der Waals surface area contributed by atoms with E-state index in [0.29, 0.717) is 0 Å². The largest absolute Gasteiger partial charge is 0.319 e. The molecule has 0 aliphatic heterocycles. The van der Waals surface area contributed by atoms with Crippen LogP contribution in [0.5, 0.6) is 0 Å². The van der Waals surface area contributed by atoms with E-state index < -0.39 is 0 Å². The van der Waals surface area contributed by atoms with Gasteiger partial charge in [0.15, 0.2) is 0 Å². The van der Waals surface area contributed by atoms with Gasteiger partial charge in [0.25, 0.3) is 0 Å². The molecule has 1 aromatic carbocycles. The van der Waals surface area contributed by atoms with Crippen LogP contribution in [-0.2, 0) is 6.42 Å². The number of rotatable bonds is 5. The summed E-state index contributed by atoms with van der Waals surface area (Å²) in [5.41, 5.74) is 2.83. The molecule has 0 radical (unpaired) electrons. The van der Waals surface area contributed by atoms with Crippen LogP contribution in [0.3, 0.4) is 0 Å². The first-order chi connectivity index (χ1) is 6.72. The zero-order valence-corrected chi connectivity index (χ0v) is 9.51. The third-order valence-electron chi connectivity index (χ3n) is 2.56. The molecule has 0 heterocycles. The molecule has 14 heavy (non-hydrogen) atoms. The summed E-state index contributed by atoms with van der Waals surface area (Å²) in [5.74, 6) is 0.764. The van der Waals surface area contributed by atoms with Crippen LogP contribution >= 0.6 is 0 Å². The van der Waals surface area contributed by atoms with Crippen LogP contribution in [0.25, 0.3) is 0 Å². The second kappa shape index (κ2) is 5.82. The minimum atomic E-state index is 0.764. The lowest BCUT2D eigenvalue weighted by Gasteiger charge is -2.10. The van der Waals surface area contributed by atoms with E-state index in [9.17, 15) is 0 Å². The van der Waals surface area contributed by atoms with Crippen molar-refractivity contribution in [1.29, 1.82) is 0 Å². The van der Waals surface area contributed by atoms with Gasteiger partial charge in [0, 0.05) is 0 Å². The number of nitrogens with one attached hydrogen (secondary N) is 1. The molecule has 1 nitrogen and oxygen atoms in total. The third kappa shape index (κ3) is 3.93. The molecule has 1 N–H and O–H groups in total. The van der Waals surface area contributed by atoms with E-state index in [-0.39, 0.29) is 0 Å². The van der Waals surface area contributed by atoms with Gasteiger partial charge >= 0.3 is 0 Å². The van der Waals surface area contributed by atoms with Gasteiger partial charge in [-0.05, 0) is 44.8 Å². The molecule has 0 aliphatic rings. The highest BCUT2D eigenvalue weighted by molar-refractivity contribution is 5.22. The Labute approximate surface area is 87.5 Å². The number of aryl methyl sites for hydroxylation is 2. The maximum Gasteiger partial charge on any atom is -0.00260 e. The van der Waals surface area contributed by atoms with Gasteiger partial charge in [0.1, 0.15) is 0 Å². The summed E-state index contributed by atoms with van der Waals surface area (Å²) >= 11 is 0. The van der Waals surface area contributed by atoms with Crippen molar-refractivity contribution in [2.45, 2.75) is 26.7 Å². The smallest absolute Gasteiger partial charge is 0.00260 e. The Morgan fingerprint density at radius 1 is 1.36 bits per heavy atom. The number of benzene rings is 1.